The Morgan fingerprint density at radius 2 is 2.04 bits per heavy atom. The molecule has 0 unspecified atom stereocenters. The maximum atomic E-state index is 8.58. The van der Waals surface area contributed by atoms with Crippen molar-refractivity contribution in [3.8, 4) is 17.6 Å². The van der Waals surface area contributed by atoms with Crippen LogP contribution in [0, 0.1) is 16.7 Å². The van der Waals surface area contributed by atoms with Crippen LogP contribution in [0.4, 0.5) is 0 Å². The highest BCUT2D eigenvalue weighted by Crippen LogP contribution is 2.36. The smallest absolute Gasteiger partial charge is 0.161 e. The molecule has 1 fully saturated rings. The summed E-state index contributed by atoms with van der Waals surface area (Å²) < 4.78 is 11.1. The SMILES string of the molecule is COc1ccc(CNCC2(C)CCCC2)cc1OCCCC#N. The molecule has 0 aromatic heterocycles. The Hall–Kier alpha value is -1.73. The maximum Gasteiger partial charge on any atom is 0.161 e. The molecule has 23 heavy (non-hydrogen) atoms. The average molecular weight is 316 g/mol. The molecule has 1 N–H and O–H groups in total. The fourth-order valence-electron chi connectivity index (χ4n) is 3.19. The third-order valence-corrected chi connectivity index (χ3v) is 4.61. The molecule has 1 aliphatic rings. The number of rotatable bonds is 9. The Morgan fingerprint density at radius 1 is 1.26 bits per heavy atom. The minimum Gasteiger partial charge on any atom is -0.493 e. The highest BCUT2D eigenvalue weighted by Gasteiger charge is 2.27. The zero-order valence-electron chi connectivity index (χ0n) is 14.4. The number of hydrogen-bond donors (Lipinski definition) is 1. The standard InChI is InChI=1S/C19H28N2O2/c1-19(9-3-4-10-19)15-21-14-16-7-8-17(22-2)18(13-16)23-12-6-5-11-20/h7-8,13,21H,3-6,9-10,12,14-15H2,1-2H3. The average Bonchev–Trinajstić information content (AvgIpc) is 2.98. The van der Waals surface area contributed by atoms with Gasteiger partial charge in [0.15, 0.2) is 11.5 Å². The van der Waals surface area contributed by atoms with Crippen LogP contribution < -0.4 is 14.8 Å². The quantitative estimate of drug-likeness (QED) is 0.698. The first-order chi connectivity index (χ1) is 11.2. The van der Waals surface area contributed by atoms with Gasteiger partial charge in [-0.25, -0.2) is 0 Å². The first kappa shape index (κ1) is 17.6. The van der Waals surface area contributed by atoms with Crippen LogP contribution in [0.25, 0.3) is 0 Å². The molecule has 1 saturated carbocycles. The molecule has 0 aliphatic heterocycles. The van der Waals surface area contributed by atoms with Gasteiger partial charge >= 0.3 is 0 Å². The van der Waals surface area contributed by atoms with Gasteiger partial charge in [0, 0.05) is 19.5 Å². The monoisotopic (exact) mass is 316 g/mol. The minimum absolute atomic E-state index is 0.461. The number of hydrogen-bond acceptors (Lipinski definition) is 4. The van der Waals surface area contributed by atoms with E-state index < -0.39 is 0 Å². The predicted molar refractivity (Wildman–Crippen MR) is 91.6 cm³/mol. The Labute approximate surface area is 139 Å². The largest absolute Gasteiger partial charge is 0.493 e. The molecule has 0 amide bonds. The number of ether oxygens (including phenoxy) is 2. The molecule has 0 bridgehead atoms. The third-order valence-electron chi connectivity index (χ3n) is 4.61. The Balaban J connectivity index is 1.87. The van der Waals surface area contributed by atoms with E-state index in [0.717, 1.165) is 31.0 Å². The van der Waals surface area contributed by atoms with Gasteiger partial charge in [0.25, 0.3) is 0 Å². The topological polar surface area (TPSA) is 54.3 Å². The van der Waals surface area contributed by atoms with Crippen LogP contribution in [0.3, 0.4) is 0 Å². The summed E-state index contributed by atoms with van der Waals surface area (Å²) in [5.41, 5.74) is 1.66. The summed E-state index contributed by atoms with van der Waals surface area (Å²) in [4.78, 5) is 0. The molecule has 0 atom stereocenters. The molecule has 0 saturated heterocycles. The molecule has 4 heteroatoms. The predicted octanol–water partition coefficient (Wildman–Crippen LogP) is 4.05. The van der Waals surface area contributed by atoms with Gasteiger partial charge in [-0.3, -0.25) is 0 Å². The van der Waals surface area contributed by atoms with E-state index in [0.29, 0.717) is 18.4 Å². The van der Waals surface area contributed by atoms with E-state index in [4.69, 9.17) is 14.7 Å². The Kier molecular flexibility index (Phi) is 6.73. The number of nitriles is 1. The van der Waals surface area contributed by atoms with Crippen LogP contribution in [0.5, 0.6) is 11.5 Å². The molecule has 2 rings (SSSR count). The second-order valence-corrected chi connectivity index (χ2v) is 6.72. The summed E-state index contributed by atoms with van der Waals surface area (Å²) in [6.45, 7) is 4.83. The van der Waals surface area contributed by atoms with Crippen LogP contribution in [0.1, 0.15) is 51.0 Å². The highest BCUT2D eigenvalue weighted by atomic mass is 16.5. The lowest BCUT2D eigenvalue weighted by atomic mass is 9.89. The molecule has 0 spiro atoms. The molecular weight excluding hydrogens is 288 g/mol. The zero-order valence-corrected chi connectivity index (χ0v) is 14.4. The lowest BCUT2D eigenvalue weighted by Crippen LogP contribution is -2.29. The highest BCUT2D eigenvalue weighted by molar-refractivity contribution is 5.42. The van der Waals surface area contributed by atoms with Crippen molar-refractivity contribution >= 4 is 0 Å². The summed E-state index contributed by atoms with van der Waals surface area (Å²) >= 11 is 0. The normalized spacial score (nSPS) is 16.0. The van der Waals surface area contributed by atoms with E-state index in [1.165, 1.54) is 31.2 Å². The number of benzene rings is 1. The molecule has 4 nitrogen and oxygen atoms in total. The summed E-state index contributed by atoms with van der Waals surface area (Å²) in [5, 5.41) is 12.2. The van der Waals surface area contributed by atoms with Gasteiger partial charge in [0.1, 0.15) is 0 Å². The van der Waals surface area contributed by atoms with Crippen molar-refractivity contribution in [3.05, 3.63) is 23.8 Å². The molecule has 0 radical (unpaired) electrons. The van der Waals surface area contributed by atoms with Gasteiger partial charge in [-0.2, -0.15) is 5.26 Å². The van der Waals surface area contributed by atoms with Gasteiger partial charge in [0.2, 0.25) is 0 Å². The molecule has 1 aromatic rings. The number of methoxy groups -OCH3 is 1. The van der Waals surface area contributed by atoms with E-state index in [1.54, 1.807) is 7.11 Å². The van der Waals surface area contributed by atoms with E-state index >= 15 is 0 Å². The van der Waals surface area contributed by atoms with E-state index in [-0.39, 0.29) is 0 Å². The van der Waals surface area contributed by atoms with E-state index in [9.17, 15) is 0 Å². The molecular formula is C19H28N2O2. The van der Waals surface area contributed by atoms with E-state index in [2.05, 4.69) is 24.4 Å². The fraction of sp³-hybridized carbons (Fsp3) is 0.632. The second kappa shape index (κ2) is 8.79. The summed E-state index contributed by atoms with van der Waals surface area (Å²) in [5.74, 6) is 1.50. The molecule has 1 aliphatic carbocycles. The Morgan fingerprint density at radius 3 is 2.74 bits per heavy atom. The van der Waals surface area contributed by atoms with Crippen LogP contribution in [-0.2, 0) is 6.54 Å². The van der Waals surface area contributed by atoms with Crippen LogP contribution in [0.2, 0.25) is 0 Å². The van der Waals surface area contributed by atoms with Crippen LogP contribution in [-0.4, -0.2) is 20.3 Å². The van der Waals surface area contributed by atoms with Crippen molar-refractivity contribution in [3.63, 3.8) is 0 Å². The van der Waals surface area contributed by atoms with Gasteiger partial charge < -0.3 is 14.8 Å². The lowest BCUT2D eigenvalue weighted by molar-refractivity contribution is 0.290. The van der Waals surface area contributed by atoms with Gasteiger partial charge in [-0.1, -0.05) is 25.8 Å². The number of unbranched alkanes of at least 4 members (excludes halogenated alkanes) is 1. The van der Waals surface area contributed by atoms with Crippen LogP contribution in [0.15, 0.2) is 18.2 Å². The molecule has 1 aromatic carbocycles. The minimum atomic E-state index is 0.461. The maximum absolute atomic E-state index is 8.58. The Bertz CT molecular complexity index is 531. The summed E-state index contributed by atoms with van der Waals surface area (Å²) in [6.07, 6.45) is 6.64. The third kappa shape index (κ3) is 5.44. The van der Waals surface area contributed by atoms with Crippen molar-refractivity contribution in [2.24, 2.45) is 5.41 Å². The number of nitrogens with one attached hydrogen (secondary N) is 1. The summed E-state index contributed by atoms with van der Waals surface area (Å²) in [6, 6.07) is 8.19. The second-order valence-electron chi connectivity index (χ2n) is 6.72. The first-order valence-corrected chi connectivity index (χ1v) is 8.54. The summed E-state index contributed by atoms with van der Waals surface area (Å²) in [7, 11) is 1.65. The number of nitrogens with zero attached hydrogens (tertiary/aromatic N) is 1. The van der Waals surface area contributed by atoms with Crippen molar-refractivity contribution in [1.82, 2.24) is 5.32 Å². The van der Waals surface area contributed by atoms with Crippen molar-refractivity contribution < 1.29 is 9.47 Å². The van der Waals surface area contributed by atoms with Gasteiger partial charge in [0.05, 0.1) is 19.8 Å². The fourth-order valence-corrected chi connectivity index (χ4v) is 3.19. The van der Waals surface area contributed by atoms with Crippen LogP contribution >= 0.6 is 0 Å². The zero-order chi connectivity index (χ0) is 16.5. The van der Waals surface area contributed by atoms with Gasteiger partial charge in [-0.05, 0) is 42.4 Å². The lowest BCUT2D eigenvalue weighted by Gasteiger charge is -2.24. The first-order valence-electron chi connectivity index (χ1n) is 8.54. The van der Waals surface area contributed by atoms with Crippen molar-refractivity contribution in [2.75, 3.05) is 20.3 Å². The van der Waals surface area contributed by atoms with E-state index in [1.807, 2.05) is 12.1 Å². The van der Waals surface area contributed by atoms with Crippen molar-refractivity contribution in [1.29, 1.82) is 5.26 Å². The molecule has 0 heterocycles. The van der Waals surface area contributed by atoms with Crippen molar-refractivity contribution in [2.45, 2.75) is 52.0 Å². The van der Waals surface area contributed by atoms with Gasteiger partial charge in [-0.15, -0.1) is 0 Å². The molecule has 126 valence electrons.